The number of benzene rings is 1. The summed E-state index contributed by atoms with van der Waals surface area (Å²) >= 11 is 0. The first kappa shape index (κ1) is 16.6. The summed E-state index contributed by atoms with van der Waals surface area (Å²) in [5.41, 5.74) is 0.913. The van der Waals surface area contributed by atoms with E-state index in [1.807, 2.05) is 0 Å². The first-order valence-corrected chi connectivity index (χ1v) is 7.26. The molecule has 1 fully saturated rings. The lowest BCUT2D eigenvalue weighted by Crippen LogP contribution is -2.29. The van der Waals surface area contributed by atoms with Gasteiger partial charge in [0, 0.05) is 31.6 Å². The van der Waals surface area contributed by atoms with Crippen molar-refractivity contribution in [2.45, 2.75) is 12.8 Å². The molecule has 1 aromatic rings. The molecule has 0 spiro atoms. The number of anilines is 1. The molecule has 1 aliphatic heterocycles. The van der Waals surface area contributed by atoms with Gasteiger partial charge in [-0.2, -0.15) is 0 Å². The quantitative estimate of drug-likeness (QED) is 0.644. The maximum Gasteiger partial charge on any atom is 0.322 e. The third kappa shape index (κ3) is 4.12. The molecular formula is C15H19N3O5. The van der Waals surface area contributed by atoms with Gasteiger partial charge in [0.2, 0.25) is 0 Å². The number of ether oxygens (including phenoxy) is 1. The van der Waals surface area contributed by atoms with Crippen molar-refractivity contribution in [2.75, 3.05) is 31.6 Å². The number of carbonyl (C=O) groups is 3. The van der Waals surface area contributed by atoms with E-state index in [9.17, 15) is 14.4 Å². The Hall–Kier alpha value is -2.77. The van der Waals surface area contributed by atoms with Crippen molar-refractivity contribution < 1.29 is 24.2 Å². The Morgan fingerprint density at radius 2 is 2.22 bits per heavy atom. The van der Waals surface area contributed by atoms with Crippen LogP contribution in [0.4, 0.5) is 10.5 Å². The van der Waals surface area contributed by atoms with Crippen LogP contribution in [-0.4, -0.2) is 49.8 Å². The number of carboxylic acid groups (broad SMARTS) is 1. The van der Waals surface area contributed by atoms with Gasteiger partial charge in [0.15, 0.2) is 0 Å². The number of rotatable bonds is 7. The van der Waals surface area contributed by atoms with E-state index in [4.69, 9.17) is 9.84 Å². The van der Waals surface area contributed by atoms with Gasteiger partial charge in [-0.1, -0.05) is 0 Å². The number of amides is 3. The van der Waals surface area contributed by atoms with Crippen molar-refractivity contribution in [3.05, 3.63) is 23.8 Å². The van der Waals surface area contributed by atoms with E-state index in [1.54, 1.807) is 18.2 Å². The van der Waals surface area contributed by atoms with Gasteiger partial charge in [0.1, 0.15) is 5.75 Å². The number of hydrogen-bond donors (Lipinski definition) is 3. The Bertz CT molecular complexity index is 617. The number of aliphatic carboxylic acids is 1. The van der Waals surface area contributed by atoms with Crippen LogP contribution in [0.2, 0.25) is 0 Å². The third-order valence-corrected chi connectivity index (χ3v) is 3.44. The van der Waals surface area contributed by atoms with Crippen LogP contribution < -0.4 is 20.3 Å². The molecule has 0 bridgehead atoms. The van der Waals surface area contributed by atoms with E-state index in [2.05, 4.69) is 10.6 Å². The van der Waals surface area contributed by atoms with Crippen LogP contribution in [0.15, 0.2) is 18.2 Å². The van der Waals surface area contributed by atoms with Gasteiger partial charge in [-0.25, -0.2) is 4.79 Å². The highest BCUT2D eigenvalue weighted by atomic mass is 16.5. The minimum Gasteiger partial charge on any atom is -0.495 e. The minimum absolute atomic E-state index is 0.00207. The van der Waals surface area contributed by atoms with Crippen LogP contribution in [0.25, 0.3) is 0 Å². The lowest BCUT2D eigenvalue weighted by atomic mass is 10.1. The highest BCUT2D eigenvalue weighted by Gasteiger charge is 2.25. The van der Waals surface area contributed by atoms with Crippen LogP contribution in [0.1, 0.15) is 23.2 Å². The number of nitrogens with one attached hydrogen (secondary N) is 2. The Kier molecular flexibility index (Phi) is 5.40. The fraction of sp³-hybridized carbons (Fsp3) is 0.400. The van der Waals surface area contributed by atoms with Crippen LogP contribution in [0, 0.1) is 0 Å². The number of hydrogen-bond acceptors (Lipinski definition) is 4. The first-order chi connectivity index (χ1) is 11.0. The second kappa shape index (κ2) is 7.48. The molecule has 2 rings (SSSR count). The topological polar surface area (TPSA) is 108 Å². The van der Waals surface area contributed by atoms with E-state index < -0.39 is 5.97 Å². The van der Waals surface area contributed by atoms with Crippen LogP contribution in [0.5, 0.6) is 5.75 Å². The number of carboxylic acids is 1. The second-order valence-electron chi connectivity index (χ2n) is 5.02. The lowest BCUT2D eigenvalue weighted by molar-refractivity contribution is -0.137. The van der Waals surface area contributed by atoms with Crippen molar-refractivity contribution in [1.29, 1.82) is 0 Å². The third-order valence-electron chi connectivity index (χ3n) is 3.44. The predicted octanol–water partition coefficient (Wildman–Crippen LogP) is 0.819. The summed E-state index contributed by atoms with van der Waals surface area (Å²) in [6, 6.07) is 4.59. The van der Waals surface area contributed by atoms with Gasteiger partial charge in [0.05, 0.1) is 12.8 Å². The molecule has 1 heterocycles. The molecule has 124 valence electrons. The summed E-state index contributed by atoms with van der Waals surface area (Å²) in [7, 11) is 1.50. The lowest BCUT2D eigenvalue weighted by Gasteiger charge is -2.18. The first-order valence-electron chi connectivity index (χ1n) is 7.26. The Balaban J connectivity index is 2.09. The summed E-state index contributed by atoms with van der Waals surface area (Å²) < 4.78 is 5.25. The van der Waals surface area contributed by atoms with Gasteiger partial charge in [-0.05, 0) is 24.6 Å². The molecule has 3 amide bonds. The maximum atomic E-state index is 12.1. The molecule has 3 N–H and O–H groups in total. The average molecular weight is 321 g/mol. The van der Waals surface area contributed by atoms with E-state index in [0.29, 0.717) is 36.5 Å². The largest absolute Gasteiger partial charge is 0.495 e. The molecule has 0 radical (unpaired) electrons. The van der Waals surface area contributed by atoms with Crippen molar-refractivity contribution in [2.24, 2.45) is 0 Å². The molecule has 0 unspecified atom stereocenters. The molecule has 8 nitrogen and oxygen atoms in total. The molecule has 1 aromatic carbocycles. The average Bonchev–Trinajstić information content (AvgIpc) is 2.96. The van der Waals surface area contributed by atoms with Gasteiger partial charge >= 0.3 is 12.0 Å². The summed E-state index contributed by atoms with van der Waals surface area (Å²) in [6.07, 6.45) is 0.362. The number of methoxy groups -OCH3 is 1. The molecule has 1 saturated heterocycles. The fourth-order valence-corrected chi connectivity index (χ4v) is 2.29. The monoisotopic (exact) mass is 321 g/mol. The molecule has 0 saturated carbocycles. The molecule has 23 heavy (non-hydrogen) atoms. The number of nitrogens with zero attached hydrogens (tertiary/aromatic N) is 1. The molecular weight excluding hydrogens is 302 g/mol. The van der Waals surface area contributed by atoms with E-state index in [-0.39, 0.29) is 24.9 Å². The highest BCUT2D eigenvalue weighted by Crippen LogP contribution is 2.30. The highest BCUT2D eigenvalue weighted by molar-refractivity contribution is 5.99. The minimum atomic E-state index is -0.897. The van der Waals surface area contributed by atoms with Crippen LogP contribution in [0.3, 0.4) is 0 Å². The second-order valence-corrected chi connectivity index (χ2v) is 5.02. The standard InChI is InChI=1S/C15H19N3O5/c1-23-12-5-4-10(14(21)16-6-2-3-13(19)20)9-11(12)18-8-7-17-15(18)22/h4-5,9H,2-3,6-8H2,1H3,(H,16,21)(H,17,22)(H,19,20). The van der Waals surface area contributed by atoms with Crippen molar-refractivity contribution in [3.8, 4) is 5.75 Å². The SMILES string of the molecule is COc1ccc(C(=O)NCCCC(=O)O)cc1N1CCNC1=O. The van der Waals surface area contributed by atoms with Crippen molar-refractivity contribution >= 4 is 23.6 Å². The Morgan fingerprint density at radius 1 is 1.43 bits per heavy atom. The summed E-state index contributed by atoms with van der Waals surface area (Å²) in [4.78, 5) is 35.9. The zero-order chi connectivity index (χ0) is 16.8. The summed E-state index contributed by atoms with van der Waals surface area (Å²) in [5, 5.41) is 13.9. The smallest absolute Gasteiger partial charge is 0.322 e. The van der Waals surface area contributed by atoms with E-state index in [0.717, 1.165) is 0 Å². The number of carbonyl (C=O) groups excluding carboxylic acids is 2. The van der Waals surface area contributed by atoms with Gasteiger partial charge < -0.3 is 20.5 Å². The van der Waals surface area contributed by atoms with Crippen LogP contribution >= 0.6 is 0 Å². The molecule has 8 heteroatoms. The maximum absolute atomic E-state index is 12.1. The van der Waals surface area contributed by atoms with Gasteiger partial charge in [-0.3, -0.25) is 14.5 Å². The van der Waals surface area contributed by atoms with Crippen molar-refractivity contribution in [3.63, 3.8) is 0 Å². The zero-order valence-corrected chi connectivity index (χ0v) is 12.8. The van der Waals surface area contributed by atoms with Gasteiger partial charge in [0.25, 0.3) is 5.91 Å². The Morgan fingerprint density at radius 3 is 2.83 bits per heavy atom. The molecule has 1 aliphatic rings. The van der Waals surface area contributed by atoms with E-state index >= 15 is 0 Å². The van der Waals surface area contributed by atoms with E-state index in [1.165, 1.54) is 12.0 Å². The van der Waals surface area contributed by atoms with Gasteiger partial charge in [-0.15, -0.1) is 0 Å². The van der Waals surface area contributed by atoms with Crippen molar-refractivity contribution in [1.82, 2.24) is 10.6 Å². The fourth-order valence-electron chi connectivity index (χ4n) is 2.29. The molecule has 0 aromatic heterocycles. The zero-order valence-electron chi connectivity index (χ0n) is 12.8. The van der Waals surface area contributed by atoms with Crippen LogP contribution in [-0.2, 0) is 4.79 Å². The number of urea groups is 1. The molecule has 0 aliphatic carbocycles. The Labute approximate surface area is 133 Å². The normalized spacial score (nSPS) is 13.6. The summed E-state index contributed by atoms with van der Waals surface area (Å²) in [6.45, 7) is 1.31. The summed E-state index contributed by atoms with van der Waals surface area (Å²) in [5.74, 6) is -0.714. The predicted molar refractivity (Wildman–Crippen MR) is 82.9 cm³/mol. The molecule has 0 atom stereocenters.